The highest BCUT2D eigenvalue weighted by molar-refractivity contribution is 7.87. The normalized spacial score (nSPS) is 12.5. The Morgan fingerprint density at radius 1 is 1.00 bits per heavy atom. The van der Waals surface area contributed by atoms with Gasteiger partial charge in [-0.15, -0.1) is 0 Å². The molecule has 0 bridgehead atoms. The quantitative estimate of drug-likeness (QED) is 0.390. The maximum atomic E-state index is 12.4. The second-order valence-corrected chi connectivity index (χ2v) is 9.49. The lowest BCUT2D eigenvalue weighted by Gasteiger charge is -2.23. The van der Waals surface area contributed by atoms with Crippen LogP contribution in [-0.2, 0) is 30.8 Å². The summed E-state index contributed by atoms with van der Waals surface area (Å²) in [6, 6.07) is 12.5. The van der Waals surface area contributed by atoms with Gasteiger partial charge in [-0.2, -0.15) is 8.42 Å². The fraction of sp³-hybridized carbons (Fsp3) is 0.364. The van der Waals surface area contributed by atoms with Crippen LogP contribution in [0.15, 0.2) is 53.4 Å². The van der Waals surface area contributed by atoms with Gasteiger partial charge in [-0.05, 0) is 57.5 Å². The predicted molar refractivity (Wildman–Crippen MR) is 114 cm³/mol. The number of benzene rings is 2. The molecule has 0 saturated carbocycles. The molecule has 1 N–H and O–H groups in total. The number of hydrogen-bond donors (Lipinski definition) is 1. The van der Waals surface area contributed by atoms with E-state index in [2.05, 4.69) is 5.32 Å². The number of carbonyl (C=O) groups is 2. The van der Waals surface area contributed by atoms with E-state index in [1.54, 1.807) is 45.0 Å². The van der Waals surface area contributed by atoms with E-state index in [1.165, 1.54) is 31.2 Å². The number of aryl methyl sites for hydroxylation is 1. The smallest absolute Gasteiger partial charge is 0.410 e. The van der Waals surface area contributed by atoms with Gasteiger partial charge in [-0.1, -0.05) is 29.8 Å². The van der Waals surface area contributed by atoms with Gasteiger partial charge in [0.1, 0.15) is 16.2 Å². The van der Waals surface area contributed by atoms with E-state index < -0.39 is 34.0 Å². The first-order valence-corrected chi connectivity index (χ1v) is 11.0. The Kier molecular flexibility index (Phi) is 7.67. The molecule has 0 heterocycles. The fourth-order valence-corrected chi connectivity index (χ4v) is 3.47. The SMILES string of the molecule is CC(=O)OC(Cc1ccc(OS(=O)(=O)c2ccc(C)cc2)cc1)NC(=O)OC(C)(C)C. The van der Waals surface area contributed by atoms with Crippen LogP contribution in [-0.4, -0.2) is 32.3 Å². The zero-order chi connectivity index (χ0) is 23.2. The molecule has 2 aromatic rings. The summed E-state index contributed by atoms with van der Waals surface area (Å²) in [5.41, 5.74) is 0.917. The molecular weight excluding hydrogens is 422 g/mol. The molecule has 1 unspecified atom stereocenters. The third-order valence-electron chi connectivity index (χ3n) is 3.85. The third-order valence-corrected chi connectivity index (χ3v) is 5.11. The lowest BCUT2D eigenvalue weighted by atomic mass is 10.1. The van der Waals surface area contributed by atoms with Gasteiger partial charge in [0.05, 0.1) is 0 Å². The van der Waals surface area contributed by atoms with E-state index >= 15 is 0 Å². The highest BCUT2D eigenvalue weighted by atomic mass is 32.2. The molecule has 0 spiro atoms. The van der Waals surface area contributed by atoms with Crippen LogP contribution >= 0.6 is 0 Å². The van der Waals surface area contributed by atoms with Gasteiger partial charge in [0.15, 0.2) is 6.23 Å². The summed E-state index contributed by atoms with van der Waals surface area (Å²) >= 11 is 0. The Morgan fingerprint density at radius 3 is 2.10 bits per heavy atom. The Bertz CT molecular complexity index is 1010. The summed E-state index contributed by atoms with van der Waals surface area (Å²) in [6.45, 7) is 8.25. The van der Waals surface area contributed by atoms with Crippen molar-refractivity contribution in [1.29, 1.82) is 0 Å². The van der Waals surface area contributed by atoms with Crippen molar-refractivity contribution in [2.24, 2.45) is 0 Å². The first-order valence-electron chi connectivity index (χ1n) is 9.61. The minimum atomic E-state index is -3.96. The van der Waals surface area contributed by atoms with Crippen LogP contribution in [0.2, 0.25) is 0 Å². The van der Waals surface area contributed by atoms with Crippen molar-refractivity contribution in [1.82, 2.24) is 5.32 Å². The average molecular weight is 450 g/mol. The van der Waals surface area contributed by atoms with Gasteiger partial charge >= 0.3 is 22.2 Å². The number of nitrogens with one attached hydrogen (secondary N) is 1. The van der Waals surface area contributed by atoms with E-state index in [0.717, 1.165) is 5.56 Å². The molecule has 0 aliphatic carbocycles. The molecular formula is C22H27NO7S. The van der Waals surface area contributed by atoms with Crippen molar-refractivity contribution in [3.63, 3.8) is 0 Å². The highest BCUT2D eigenvalue weighted by Gasteiger charge is 2.22. The van der Waals surface area contributed by atoms with Crippen LogP contribution in [0.1, 0.15) is 38.8 Å². The van der Waals surface area contributed by atoms with E-state index in [4.69, 9.17) is 13.7 Å². The maximum Gasteiger partial charge on any atom is 0.410 e. The van der Waals surface area contributed by atoms with Crippen LogP contribution in [0.3, 0.4) is 0 Å². The van der Waals surface area contributed by atoms with Crippen LogP contribution in [0.25, 0.3) is 0 Å². The van der Waals surface area contributed by atoms with Crippen molar-refractivity contribution in [3.05, 3.63) is 59.7 Å². The summed E-state index contributed by atoms with van der Waals surface area (Å²) in [5.74, 6) is -0.432. The second-order valence-electron chi connectivity index (χ2n) is 7.94. The molecule has 0 fully saturated rings. The molecule has 1 atom stereocenters. The van der Waals surface area contributed by atoms with E-state index in [9.17, 15) is 18.0 Å². The Morgan fingerprint density at radius 2 is 1.58 bits per heavy atom. The standard InChI is InChI=1S/C22H27NO7S/c1-15-6-12-19(13-7-15)31(26,27)30-18-10-8-17(9-11-18)14-20(28-16(2)24)23-21(25)29-22(3,4)5/h6-13,20H,14H2,1-5H3,(H,23,25). The van der Waals surface area contributed by atoms with Crippen molar-refractivity contribution in [2.75, 3.05) is 0 Å². The average Bonchev–Trinajstić information content (AvgIpc) is 2.61. The molecule has 1 amide bonds. The predicted octanol–water partition coefficient (Wildman–Crippen LogP) is 3.72. The molecule has 0 saturated heterocycles. The molecule has 8 nitrogen and oxygen atoms in total. The number of alkyl carbamates (subject to hydrolysis) is 1. The summed E-state index contributed by atoms with van der Waals surface area (Å²) in [4.78, 5) is 23.4. The van der Waals surface area contributed by atoms with Gasteiger partial charge in [0, 0.05) is 13.3 Å². The molecule has 0 aliphatic rings. The molecule has 9 heteroatoms. The van der Waals surface area contributed by atoms with E-state index in [0.29, 0.717) is 5.56 Å². The number of amides is 1. The Balaban J connectivity index is 2.06. The highest BCUT2D eigenvalue weighted by Crippen LogP contribution is 2.20. The molecule has 0 radical (unpaired) electrons. The first-order chi connectivity index (χ1) is 14.3. The number of hydrogen-bond acceptors (Lipinski definition) is 7. The van der Waals surface area contributed by atoms with Crippen LogP contribution in [0, 0.1) is 6.92 Å². The number of esters is 1. The third kappa shape index (κ3) is 8.29. The van der Waals surface area contributed by atoms with Crippen molar-refractivity contribution < 1.29 is 31.7 Å². The van der Waals surface area contributed by atoms with Gasteiger partial charge in [0.2, 0.25) is 0 Å². The summed E-state index contributed by atoms with van der Waals surface area (Å²) in [5, 5.41) is 2.50. The molecule has 2 aromatic carbocycles. The minimum Gasteiger partial charge on any atom is -0.444 e. The monoisotopic (exact) mass is 449 g/mol. The largest absolute Gasteiger partial charge is 0.444 e. The summed E-state index contributed by atoms with van der Waals surface area (Å²) < 4.78 is 40.3. The summed E-state index contributed by atoms with van der Waals surface area (Å²) in [6.07, 6.45) is -1.51. The van der Waals surface area contributed by atoms with Crippen LogP contribution in [0.4, 0.5) is 4.79 Å². The number of rotatable bonds is 7. The van der Waals surface area contributed by atoms with Crippen molar-refractivity contribution in [3.8, 4) is 5.75 Å². The molecule has 168 valence electrons. The second kappa shape index (κ2) is 9.82. The lowest BCUT2D eigenvalue weighted by Crippen LogP contribution is -2.42. The van der Waals surface area contributed by atoms with Crippen molar-refractivity contribution in [2.45, 2.75) is 57.8 Å². The molecule has 0 aromatic heterocycles. The molecule has 2 rings (SSSR count). The van der Waals surface area contributed by atoms with Gasteiger partial charge in [0.25, 0.3) is 0 Å². The number of carbonyl (C=O) groups excluding carboxylic acids is 2. The van der Waals surface area contributed by atoms with Crippen LogP contribution in [0.5, 0.6) is 5.75 Å². The van der Waals surface area contributed by atoms with E-state index in [1.807, 2.05) is 6.92 Å². The first kappa shape index (κ1) is 24.2. The van der Waals surface area contributed by atoms with Gasteiger partial charge in [-0.3, -0.25) is 10.1 Å². The zero-order valence-corrected chi connectivity index (χ0v) is 19.0. The maximum absolute atomic E-state index is 12.4. The number of ether oxygens (including phenoxy) is 2. The van der Waals surface area contributed by atoms with Gasteiger partial charge < -0.3 is 13.7 Å². The van der Waals surface area contributed by atoms with Crippen molar-refractivity contribution >= 4 is 22.2 Å². The summed E-state index contributed by atoms with van der Waals surface area (Å²) in [7, 11) is -3.96. The topological polar surface area (TPSA) is 108 Å². The van der Waals surface area contributed by atoms with Gasteiger partial charge in [-0.25, -0.2) is 4.79 Å². The fourth-order valence-electron chi connectivity index (χ4n) is 2.54. The van der Waals surface area contributed by atoms with E-state index in [-0.39, 0.29) is 17.1 Å². The Hall–Kier alpha value is -3.07. The lowest BCUT2D eigenvalue weighted by molar-refractivity contribution is -0.147. The molecule has 31 heavy (non-hydrogen) atoms. The zero-order valence-electron chi connectivity index (χ0n) is 18.2. The minimum absolute atomic E-state index is 0.0543. The van der Waals surface area contributed by atoms with Crippen LogP contribution < -0.4 is 9.50 Å². The molecule has 0 aliphatic heterocycles. The Labute approximate surface area is 182 Å².